The highest BCUT2D eigenvalue weighted by Crippen LogP contribution is 2.42. The first-order valence-corrected chi connectivity index (χ1v) is 7.81. The summed E-state index contributed by atoms with van der Waals surface area (Å²) in [6.07, 6.45) is 4.30. The van der Waals surface area contributed by atoms with Gasteiger partial charge in [-0.05, 0) is 54.4 Å². The predicted molar refractivity (Wildman–Crippen MR) is 85.4 cm³/mol. The lowest BCUT2D eigenvalue weighted by atomic mass is 9.67. The Morgan fingerprint density at radius 3 is 2.52 bits per heavy atom. The molecule has 0 saturated heterocycles. The van der Waals surface area contributed by atoms with Crippen molar-refractivity contribution in [1.82, 2.24) is 0 Å². The van der Waals surface area contributed by atoms with E-state index in [9.17, 15) is 9.90 Å². The van der Waals surface area contributed by atoms with Crippen molar-refractivity contribution in [3.63, 3.8) is 0 Å². The van der Waals surface area contributed by atoms with Crippen LogP contribution in [0.5, 0.6) is 0 Å². The zero-order valence-corrected chi connectivity index (χ0v) is 12.5. The Bertz CT molecular complexity index is 646. The van der Waals surface area contributed by atoms with Gasteiger partial charge in [-0.3, -0.25) is 4.79 Å². The lowest BCUT2D eigenvalue weighted by Gasteiger charge is -2.36. The number of benzene rings is 2. The van der Waals surface area contributed by atoms with Crippen LogP contribution in [0.15, 0.2) is 42.5 Å². The van der Waals surface area contributed by atoms with E-state index in [-0.39, 0.29) is 0 Å². The summed E-state index contributed by atoms with van der Waals surface area (Å²) in [5.74, 6) is 0.0346. The van der Waals surface area contributed by atoms with E-state index in [2.05, 4.69) is 31.2 Å². The summed E-state index contributed by atoms with van der Waals surface area (Å²) in [5.41, 5.74) is 0.599. The Hall–Kier alpha value is -1.83. The SMILES string of the molecule is CC1CCC(Cc2cccc3ccccc23)(C(=O)O)CC1. The minimum absolute atomic E-state index is 0.573. The van der Waals surface area contributed by atoms with Crippen LogP contribution in [0, 0.1) is 11.3 Å². The minimum atomic E-state index is -0.623. The van der Waals surface area contributed by atoms with E-state index in [0.717, 1.165) is 25.7 Å². The molecule has 0 radical (unpaired) electrons. The average Bonchev–Trinajstić information content (AvgIpc) is 2.50. The highest BCUT2D eigenvalue weighted by Gasteiger charge is 2.41. The van der Waals surface area contributed by atoms with Gasteiger partial charge in [-0.2, -0.15) is 0 Å². The number of rotatable bonds is 3. The Kier molecular flexibility index (Phi) is 3.71. The number of fused-ring (bicyclic) bond motifs is 1. The molecule has 0 amide bonds. The molecule has 1 fully saturated rings. The zero-order chi connectivity index (χ0) is 14.9. The first kappa shape index (κ1) is 14.1. The van der Waals surface area contributed by atoms with Crippen LogP contribution in [0.2, 0.25) is 0 Å². The van der Waals surface area contributed by atoms with Crippen molar-refractivity contribution in [2.24, 2.45) is 11.3 Å². The number of hydrogen-bond donors (Lipinski definition) is 1. The van der Waals surface area contributed by atoms with Crippen molar-refractivity contribution in [2.45, 2.75) is 39.0 Å². The summed E-state index contributed by atoms with van der Waals surface area (Å²) >= 11 is 0. The maximum absolute atomic E-state index is 11.9. The third-order valence-electron chi connectivity index (χ3n) is 5.09. The monoisotopic (exact) mass is 282 g/mol. The molecule has 2 nitrogen and oxygen atoms in total. The fourth-order valence-electron chi connectivity index (χ4n) is 3.59. The summed E-state index contributed by atoms with van der Waals surface area (Å²) in [5, 5.41) is 12.2. The molecule has 0 atom stereocenters. The van der Waals surface area contributed by atoms with E-state index in [4.69, 9.17) is 0 Å². The summed E-state index contributed by atoms with van der Waals surface area (Å²) < 4.78 is 0. The van der Waals surface area contributed by atoms with Gasteiger partial charge < -0.3 is 5.11 Å². The largest absolute Gasteiger partial charge is 0.481 e. The first-order chi connectivity index (χ1) is 10.1. The standard InChI is InChI=1S/C19H22O2/c1-14-9-11-19(12-10-14,18(20)21)13-16-7-4-6-15-5-2-3-8-17(15)16/h2-8,14H,9-13H2,1H3,(H,20,21). The summed E-state index contributed by atoms with van der Waals surface area (Å²) in [7, 11) is 0. The fraction of sp³-hybridized carbons (Fsp3) is 0.421. The molecular formula is C19H22O2. The highest BCUT2D eigenvalue weighted by atomic mass is 16.4. The van der Waals surface area contributed by atoms with Gasteiger partial charge in [0, 0.05) is 0 Å². The van der Waals surface area contributed by atoms with Gasteiger partial charge in [0.1, 0.15) is 0 Å². The van der Waals surface area contributed by atoms with E-state index in [1.54, 1.807) is 0 Å². The summed E-state index contributed by atoms with van der Waals surface area (Å²) in [6.45, 7) is 2.23. The van der Waals surface area contributed by atoms with Crippen molar-refractivity contribution >= 4 is 16.7 Å². The molecule has 0 aromatic heterocycles. The Balaban J connectivity index is 1.97. The van der Waals surface area contributed by atoms with Crippen LogP contribution in [0.3, 0.4) is 0 Å². The molecule has 0 heterocycles. The van der Waals surface area contributed by atoms with E-state index < -0.39 is 11.4 Å². The Morgan fingerprint density at radius 2 is 1.81 bits per heavy atom. The molecular weight excluding hydrogens is 260 g/mol. The van der Waals surface area contributed by atoms with Gasteiger partial charge >= 0.3 is 5.97 Å². The Morgan fingerprint density at radius 1 is 1.14 bits per heavy atom. The normalized spacial score (nSPS) is 25.9. The fourth-order valence-corrected chi connectivity index (χ4v) is 3.59. The number of hydrogen-bond acceptors (Lipinski definition) is 1. The number of carbonyl (C=O) groups is 1. The molecule has 0 unspecified atom stereocenters. The molecule has 2 aromatic carbocycles. The second-order valence-electron chi connectivity index (χ2n) is 6.58. The number of aliphatic carboxylic acids is 1. The molecule has 0 spiro atoms. The molecule has 21 heavy (non-hydrogen) atoms. The van der Waals surface area contributed by atoms with Crippen molar-refractivity contribution in [3.8, 4) is 0 Å². The predicted octanol–water partition coefficient (Wildman–Crippen LogP) is 4.66. The van der Waals surface area contributed by atoms with Crippen LogP contribution in [-0.2, 0) is 11.2 Å². The Labute approximate surface area is 125 Å². The van der Waals surface area contributed by atoms with Crippen LogP contribution >= 0.6 is 0 Å². The third kappa shape index (κ3) is 2.67. The maximum atomic E-state index is 11.9. The highest BCUT2D eigenvalue weighted by molar-refractivity contribution is 5.86. The smallest absolute Gasteiger partial charge is 0.309 e. The van der Waals surface area contributed by atoms with Crippen LogP contribution in [0.25, 0.3) is 10.8 Å². The molecule has 110 valence electrons. The maximum Gasteiger partial charge on any atom is 0.309 e. The van der Waals surface area contributed by atoms with Gasteiger partial charge in [-0.1, -0.05) is 49.4 Å². The van der Waals surface area contributed by atoms with Crippen molar-refractivity contribution in [1.29, 1.82) is 0 Å². The van der Waals surface area contributed by atoms with Crippen molar-refractivity contribution < 1.29 is 9.90 Å². The molecule has 1 saturated carbocycles. The van der Waals surface area contributed by atoms with E-state index >= 15 is 0 Å². The van der Waals surface area contributed by atoms with Gasteiger partial charge in [-0.25, -0.2) is 0 Å². The first-order valence-electron chi connectivity index (χ1n) is 7.81. The van der Waals surface area contributed by atoms with Crippen LogP contribution < -0.4 is 0 Å². The second-order valence-corrected chi connectivity index (χ2v) is 6.58. The molecule has 2 heteroatoms. The molecule has 1 N–H and O–H groups in total. The molecule has 0 aliphatic heterocycles. The average molecular weight is 282 g/mol. The molecule has 3 rings (SSSR count). The van der Waals surface area contributed by atoms with Gasteiger partial charge in [0.25, 0.3) is 0 Å². The van der Waals surface area contributed by atoms with Gasteiger partial charge in [-0.15, -0.1) is 0 Å². The van der Waals surface area contributed by atoms with Gasteiger partial charge in [0.2, 0.25) is 0 Å². The molecule has 1 aliphatic rings. The lowest BCUT2D eigenvalue weighted by molar-refractivity contribution is -0.151. The van der Waals surface area contributed by atoms with Gasteiger partial charge in [0.05, 0.1) is 5.41 Å². The van der Waals surface area contributed by atoms with Crippen LogP contribution in [0.4, 0.5) is 0 Å². The molecule has 2 aromatic rings. The van der Waals surface area contributed by atoms with Crippen LogP contribution in [0.1, 0.15) is 38.2 Å². The van der Waals surface area contributed by atoms with E-state index in [1.807, 2.05) is 18.2 Å². The lowest BCUT2D eigenvalue weighted by Crippen LogP contribution is -2.37. The number of carboxylic acids is 1. The molecule has 0 bridgehead atoms. The summed E-state index contributed by atoms with van der Waals surface area (Å²) in [4.78, 5) is 11.9. The summed E-state index contributed by atoms with van der Waals surface area (Å²) in [6, 6.07) is 14.5. The van der Waals surface area contributed by atoms with Crippen LogP contribution in [-0.4, -0.2) is 11.1 Å². The topological polar surface area (TPSA) is 37.3 Å². The van der Waals surface area contributed by atoms with E-state index in [1.165, 1.54) is 16.3 Å². The third-order valence-corrected chi connectivity index (χ3v) is 5.09. The quantitative estimate of drug-likeness (QED) is 0.888. The second kappa shape index (κ2) is 5.51. The minimum Gasteiger partial charge on any atom is -0.481 e. The van der Waals surface area contributed by atoms with Gasteiger partial charge in [0.15, 0.2) is 0 Å². The number of carboxylic acid groups (broad SMARTS) is 1. The molecule has 1 aliphatic carbocycles. The van der Waals surface area contributed by atoms with Crippen molar-refractivity contribution in [2.75, 3.05) is 0 Å². The van der Waals surface area contributed by atoms with Crippen molar-refractivity contribution in [3.05, 3.63) is 48.0 Å². The van der Waals surface area contributed by atoms with E-state index in [0.29, 0.717) is 12.3 Å². The zero-order valence-electron chi connectivity index (χ0n) is 12.5.